The SMILES string of the molecule is COc1ccccc1C(=O)NCC1CCN(c2ccccn2)CC1. The number of nitrogens with one attached hydrogen (secondary N) is 1. The zero-order valence-corrected chi connectivity index (χ0v) is 13.9. The van der Waals surface area contributed by atoms with Gasteiger partial charge in [-0.15, -0.1) is 0 Å². The summed E-state index contributed by atoms with van der Waals surface area (Å²) in [5.74, 6) is 2.08. The quantitative estimate of drug-likeness (QED) is 0.918. The second-order valence-electron chi connectivity index (χ2n) is 6.03. The van der Waals surface area contributed by atoms with Gasteiger partial charge in [-0.25, -0.2) is 4.98 Å². The third-order valence-electron chi connectivity index (χ3n) is 4.49. The Kier molecular flexibility index (Phi) is 5.31. The Balaban J connectivity index is 1.49. The zero-order valence-electron chi connectivity index (χ0n) is 13.9. The molecule has 0 unspecified atom stereocenters. The summed E-state index contributed by atoms with van der Waals surface area (Å²) in [7, 11) is 1.58. The van der Waals surface area contributed by atoms with E-state index < -0.39 is 0 Å². The fourth-order valence-electron chi connectivity index (χ4n) is 3.07. The highest BCUT2D eigenvalue weighted by molar-refractivity contribution is 5.96. The van der Waals surface area contributed by atoms with Gasteiger partial charge >= 0.3 is 0 Å². The molecule has 24 heavy (non-hydrogen) atoms. The van der Waals surface area contributed by atoms with Crippen molar-refractivity contribution in [2.24, 2.45) is 5.92 Å². The fraction of sp³-hybridized carbons (Fsp3) is 0.368. The predicted octanol–water partition coefficient (Wildman–Crippen LogP) is 2.74. The fourth-order valence-corrected chi connectivity index (χ4v) is 3.07. The Bertz CT molecular complexity index is 667. The van der Waals surface area contributed by atoms with Gasteiger partial charge in [0.15, 0.2) is 0 Å². The van der Waals surface area contributed by atoms with E-state index in [1.165, 1.54) is 0 Å². The van der Waals surface area contributed by atoms with Crippen molar-refractivity contribution in [1.29, 1.82) is 0 Å². The lowest BCUT2D eigenvalue weighted by atomic mass is 9.96. The number of anilines is 1. The van der Waals surface area contributed by atoms with Gasteiger partial charge in [0.1, 0.15) is 11.6 Å². The molecule has 3 rings (SSSR count). The molecule has 0 radical (unpaired) electrons. The molecule has 1 aromatic heterocycles. The largest absolute Gasteiger partial charge is 0.496 e. The molecule has 5 heteroatoms. The van der Waals surface area contributed by atoms with Gasteiger partial charge < -0.3 is 15.0 Å². The number of hydrogen-bond donors (Lipinski definition) is 1. The van der Waals surface area contributed by atoms with Crippen molar-refractivity contribution < 1.29 is 9.53 Å². The molecule has 2 aromatic rings. The van der Waals surface area contributed by atoms with Gasteiger partial charge in [-0.3, -0.25) is 4.79 Å². The van der Waals surface area contributed by atoms with Crippen LogP contribution in [0.15, 0.2) is 48.7 Å². The first-order valence-corrected chi connectivity index (χ1v) is 8.35. The molecule has 0 bridgehead atoms. The summed E-state index contributed by atoms with van der Waals surface area (Å²) in [4.78, 5) is 19.0. The third kappa shape index (κ3) is 3.85. The van der Waals surface area contributed by atoms with Crippen LogP contribution in [-0.4, -0.2) is 37.6 Å². The summed E-state index contributed by atoms with van der Waals surface area (Å²) >= 11 is 0. The first-order valence-electron chi connectivity index (χ1n) is 8.35. The molecule has 1 N–H and O–H groups in total. The van der Waals surface area contributed by atoms with Gasteiger partial charge in [0.05, 0.1) is 12.7 Å². The summed E-state index contributed by atoms with van der Waals surface area (Å²) in [5, 5.41) is 3.04. The van der Waals surface area contributed by atoms with E-state index in [0.29, 0.717) is 23.8 Å². The lowest BCUT2D eigenvalue weighted by Gasteiger charge is -2.32. The van der Waals surface area contributed by atoms with Crippen molar-refractivity contribution in [2.45, 2.75) is 12.8 Å². The first kappa shape index (κ1) is 16.3. The van der Waals surface area contributed by atoms with Crippen LogP contribution in [0.5, 0.6) is 5.75 Å². The number of pyridine rings is 1. The second kappa shape index (κ2) is 7.81. The molecule has 0 atom stereocenters. The Morgan fingerprint density at radius 1 is 1.21 bits per heavy atom. The summed E-state index contributed by atoms with van der Waals surface area (Å²) < 4.78 is 5.25. The van der Waals surface area contributed by atoms with Crippen molar-refractivity contribution >= 4 is 11.7 Å². The number of para-hydroxylation sites is 1. The minimum atomic E-state index is -0.0698. The van der Waals surface area contributed by atoms with Crippen LogP contribution in [0.25, 0.3) is 0 Å². The predicted molar refractivity (Wildman–Crippen MR) is 94.5 cm³/mol. The summed E-state index contributed by atoms with van der Waals surface area (Å²) in [6.07, 6.45) is 3.94. The maximum atomic E-state index is 12.3. The molecule has 1 aliphatic rings. The van der Waals surface area contributed by atoms with Crippen LogP contribution in [0.1, 0.15) is 23.2 Å². The van der Waals surface area contributed by atoms with Crippen molar-refractivity contribution in [3.63, 3.8) is 0 Å². The van der Waals surface area contributed by atoms with E-state index >= 15 is 0 Å². The number of methoxy groups -OCH3 is 1. The van der Waals surface area contributed by atoms with Gasteiger partial charge in [-0.05, 0) is 43.0 Å². The van der Waals surface area contributed by atoms with Crippen LogP contribution in [0.3, 0.4) is 0 Å². The number of carbonyl (C=O) groups excluding carboxylic acids is 1. The van der Waals surface area contributed by atoms with E-state index in [0.717, 1.165) is 31.7 Å². The van der Waals surface area contributed by atoms with Crippen LogP contribution in [0.2, 0.25) is 0 Å². The summed E-state index contributed by atoms with van der Waals surface area (Å²) in [6.45, 7) is 2.66. The molecule has 1 amide bonds. The second-order valence-corrected chi connectivity index (χ2v) is 6.03. The molecule has 0 saturated carbocycles. The lowest BCUT2D eigenvalue weighted by molar-refractivity contribution is 0.0942. The molecule has 0 spiro atoms. The van der Waals surface area contributed by atoms with Gasteiger partial charge in [0.2, 0.25) is 0 Å². The lowest BCUT2D eigenvalue weighted by Crippen LogP contribution is -2.39. The molecular weight excluding hydrogens is 302 g/mol. The Labute approximate surface area is 142 Å². The van der Waals surface area contributed by atoms with Crippen molar-refractivity contribution in [2.75, 3.05) is 31.6 Å². The minimum absolute atomic E-state index is 0.0698. The third-order valence-corrected chi connectivity index (χ3v) is 4.49. The maximum absolute atomic E-state index is 12.3. The molecule has 5 nitrogen and oxygen atoms in total. The molecule has 126 valence electrons. The first-order chi connectivity index (χ1) is 11.8. The molecular formula is C19H23N3O2. The highest BCUT2D eigenvalue weighted by atomic mass is 16.5. The average molecular weight is 325 g/mol. The number of ether oxygens (including phenoxy) is 1. The molecule has 1 fully saturated rings. The Morgan fingerprint density at radius 2 is 1.96 bits per heavy atom. The smallest absolute Gasteiger partial charge is 0.255 e. The topological polar surface area (TPSA) is 54.5 Å². The highest BCUT2D eigenvalue weighted by Crippen LogP contribution is 2.21. The molecule has 1 aromatic carbocycles. The standard InChI is InChI=1S/C19H23N3O2/c1-24-17-7-3-2-6-16(17)19(23)21-14-15-9-12-22(13-10-15)18-8-4-5-11-20-18/h2-8,11,15H,9-10,12-14H2,1H3,(H,21,23). The van der Waals surface area contributed by atoms with E-state index in [1.807, 2.05) is 36.5 Å². The van der Waals surface area contributed by atoms with Crippen molar-refractivity contribution in [3.05, 3.63) is 54.2 Å². The summed E-state index contributed by atoms with van der Waals surface area (Å²) in [6, 6.07) is 13.3. The van der Waals surface area contributed by atoms with Gasteiger partial charge in [0.25, 0.3) is 5.91 Å². The zero-order chi connectivity index (χ0) is 16.8. The number of rotatable bonds is 5. The number of hydrogen-bond acceptors (Lipinski definition) is 4. The number of carbonyl (C=O) groups is 1. The normalized spacial score (nSPS) is 15.1. The summed E-state index contributed by atoms with van der Waals surface area (Å²) in [5.41, 5.74) is 0.589. The number of benzene rings is 1. The average Bonchev–Trinajstić information content (AvgIpc) is 2.67. The number of amides is 1. The highest BCUT2D eigenvalue weighted by Gasteiger charge is 2.21. The van der Waals surface area contributed by atoms with E-state index in [2.05, 4.69) is 15.2 Å². The van der Waals surface area contributed by atoms with E-state index in [4.69, 9.17) is 4.74 Å². The maximum Gasteiger partial charge on any atom is 0.255 e. The number of piperidine rings is 1. The van der Waals surface area contributed by atoms with Crippen LogP contribution in [0.4, 0.5) is 5.82 Å². The van der Waals surface area contributed by atoms with Crippen LogP contribution >= 0.6 is 0 Å². The van der Waals surface area contributed by atoms with Crippen molar-refractivity contribution in [1.82, 2.24) is 10.3 Å². The van der Waals surface area contributed by atoms with Gasteiger partial charge in [-0.1, -0.05) is 18.2 Å². The number of aromatic nitrogens is 1. The van der Waals surface area contributed by atoms with E-state index in [1.54, 1.807) is 19.2 Å². The van der Waals surface area contributed by atoms with Crippen LogP contribution in [0, 0.1) is 5.92 Å². The number of nitrogens with zero attached hydrogens (tertiary/aromatic N) is 2. The van der Waals surface area contributed by atoms with Gasteiger partial charge in [0, 0.05) is 25.8 Å². The van der Waals surface area contributed by atoms with Crippen LogP contribution < -0.4 is 15.0 Å². The molecule has 0 aliphatic carbocycles. The van der Waals surface area contributed by atoms with E-state index in [9.17, 15) is 4.79 Å². The monoisotopic (exact) mass is 325 g/mol. The molecule has 1 saturated heterocycles. The minimum Gasteiger partial charge on any atom is -0.496 e. The van der Waals surface area contributed by atoms with E-state index in [-0.39, 0.29) is 5.91 Å². The van der Waals surface area contributed by atoms with Crippen molar-refractivity contribution in [3.8, 4) is 5.75 Å². The van der Waals surface area contributed by atoms with Gasteiger partial charge in [-0.2, -0.15) is 0 Å². The van der Waals surface area contributed by atoms with Crippen LogP contribution in [-0.2, 0) is 0 Å². The molecule has 2 heterocycles. The molecule has 1 aliphatic heterocycles. The Hall–Kier alpha value is -2.56. The Morgan fingerprint density at radius 3 is 2.67 bits per heavy atom.